The van der Waals surface area contributed by atoms with Gasteiger partial charge in [0.1, 0.15) is 0 Å². The molecule has 0 aromatic heterocycles. The topological polar surface area (TPSA) is 33.7 Å². The van der Waals surface area contributed by atoms with Crippen molar-refractivity contribution >= 4 is 8.56 Å². The highest BCUT2D eigenvalue weighted by atomic mass is 28.4. The Balaban J connectivity index is 3.69. The summed E-state index contributed by atoms with van der Waals surface area (Å²) in [6, 6.07) is 1.45. The highest BCUT2D eigenvalue weighted by Gasteiger charge is 2.30. The Morgan fingerprint density at radius 2 is 1.81 bits per heavy atom. The smallest absolute Gasteiger partial charge is 0.335 e. The van der Waals surface area contributed by atoms with Crippen LogP contribution in [0.25, 0.3) is 0 Å². The summed E-state index contributed by atoms with van der Waals surface area (Å²) in [4.78, 5) is 2.20. The monoisotopic (exact) mass is 248 g/mol. The van der Waals surface area contributed by atoms with E-state index in [0.29, 0.717) is 6.04 Å². The zero-order valence-electron chi connectivity index (χ0n) is 11.7. The van der Waals surface area contributed by atoms with Crippen molar-refractivity contribution in [1.29, 1.82) is 0 Å². The van der Waals surface area contributed by atoms with Crippen molar-refractivity contribution in [2.75, 3.05) is 41.4 Å². The molecule has 0 saturated carbocycles. The molecule has 98 valence electrons. The van der Waals surface area contributed by atoms with Crippen LogP contribution in [-0.2, 0) is 8.85 Å². The van der Waals surface area contributed by atoms with Crippen molar-refractivity contribution < 1.29 is 8.85 Å². The SMILES string of the molecule is CO[Si](C)(CC(C)NCCCN(C)C)OC. The van der Waals surface area contributed by atoms with Crippen LogP contribution in [0, 0.1) is 0 Å². The van der Waals surface area contributed by atoms with Crippen molar-refractivity contribution in [2.45, 2.75) is 32.0 Å². The number of hydrogen-bond acceptors (Lipinski definition) is 4. The molecule has 16 heavy (non-hydrogen) atoms. The van der Waals surface area contributed by atoms with E-state index >= 15 is 0 Å². The molecule has 1 unspecified atom stereocenters. The van der Waals surface area contributed by atoms with Gasteiger partial charge in [-0.2, -0.15) is 0 Å². The van der Waals surface area contributed by atoms with Crippen molar-refractivity contribution in [3.8, 4) is 0 Å². The number of nitrogens with zero attached hydrogens (tertiary/aromatic N) is 1. The van der Waals surface area contributed by atoms with E-state index in [4.69, 9.17) is 8.85 Å². The summed E-state index contributed by atoms with van der Waals surface area (Å²) in [5.41, 5.74) is 0. The molecule has 0 aromatic carbocycles. The molecule has 1 atom stereocenters. The van der Waals surface area contributed by atoms with Gasteiger partial charge in [-0.3, -0.25) is 0 Å². The second-order valence-corrected chi connectivity index (χ2v) is 8.25. The van der Waals surface area contributed by atoms with Gasteiger partial charge in [0.25, 0.3) is 0 Å². The Morgan fingerprint density at radius 3 is 2.25 bits per heavy atom. The van der Waals surface area contributed by atoms with Gasteiger partial charge in [0.05, 0.1) is 0 Å². The fourth-order valence-corrected chi connectivity index (χ4v) is 3.38. The molecule has 4 nitrogen and oxygen atoms in total. The Labute approximate surface area is 102 Å². The predicted octanol–water partition coefficient (Wildman–Crippen LogP) is 1.28. The van der Waals surface area contributed by atoms with Crippen LogP contribution in [0.1, 0.15) is 13.3 Å². The molecule has 0 fully saturated rings. The van der Waals surface area contributed by atoms with Crippen molar-refractivity contribution in [1.82, 2.24) is 10.2 Å². The average molecular weight is 248 g/mol. The summed E-state index contributed by atoms with van der Waals surface area (Å²) in [7, 11) is 5.77. The largest absolute Gasteiger partial charge is 0.398 e. The lowest BCUT2D eigenvalue weighted by Gasteiger charge is -2.26. The van der Waals surface area contributed by atoms with E-state index in [9.17, 15) is 0 Å². The quantitative estimate of drug-likeness (QED) is 0.492. The Morgan fingerprint density at radius 1 is 1.25 bits per heavy atom. The first kappa shape index (κ1) is 16.1. The molecular weight excluding hydrogens is 220 g/mol. The van der Waals surface area contributed by atoms with Gasteiger partial charge in [-0.25, -0.2) is 0 Å². The standard InChI is InChI=1S/C11H28N2O2Si/c1-11(10-16(6,14-4)15-5)12-8-7-9-13(2)3/h11-12H,7-10H2,1-6H3. The van der Waals surface area contributed by atoms with Crippen molar-refractivity contribution in [3.63, 3.8) is 0 Å². The fourth-order valence-electron chi connectivity index (χ4n) is 1.62. The van der Waals surface area contributed by atoms with Gasteiger partial charge in [0.15, 0.2) is 0 Å². The minimum absolute atomic E-state index is 0.457. The summed E-state index contributed by atoms with van der Waals surface area (Å²) in [6.07, 6.45) is 1.18. The maximum absolute atomic E-state index is 5.47. The molecule has 0 aromatic rings. The summed E-state index contributed by atoms with van der Waals surface area (Å²) < 4.78 is 10.9. The first-order chi connectivity index (χ1) is 7.43. The van der Waals surface area contributed by atoms with E-state index in [1.165, 1.54) is 6.42 Å². The fraction of sp³-hybridized carbons (Fsp3) is 1.00. The lowest BCUT2D eigenvalue weighted by molar-refractivity contribution is 0.244. The lowest BCUT2D eigenvalue weighted by atomic mass is 10.3. The molecule has 0 radical (unpaired) electrons. The molecule has 5 heteroatoms. The van der Waals surface area contributed by atoms with E-state index in [1.807, 2.05) is 0 Å². The molecule has 0 bridgehead atoms. The first-order valence-corrected chi connectivity index (χ1v) is 8.44. The predicted molar refractivity (Wildman–Crippen MR) is 71.1 cm³/mol. The van der Waals surface area contributed by atoms with E-state index in [1.54, 1.807) is 14.2 Å². The maximum atomic E-state index is 5.47. The van der Waals surface area contributed by atoms with Gasteiger partial charge in [0.2, 0.25) is 0 Å². The molecule has 0 rings (SSSR count). The normalized spacial score (nSPS) is 14.4. The molecule has 0 saturated heterocycles. The van der Waals surface area contributed by atoms with Crippen LogP contribution in [0.15, 0.2) is 0 Å². The van der Waals surface area contributed by atoms with Crippen LogP contribution in [0.4, 0.5) is 0 Å². The van der Waals surface area contributed by atoms with E-state index in [2.05, 4.69) is 37.8 Å². The Kier molecular flexibility index (Phi) is 8.22. The molecule has 0 aliphatic heterocycles. The summed E-state index contributed by atoms with van der Waals surface area (Å²) in [5, 5.41) is 3.51. The maximum Gasteiger partial charge on any atom is 0.335 e. The van der Waals surface area contributed by atoms with E-state index in [-0.39, 0.29) is 0 Å². The molecule has 0 aliphatic carbocycles. The zero-order valence-corrected chi connectivity index (χ0v) is 12.7. The highest BCUT2D eigenvalue weighted by molar-refractivity contribution is 6.66. The van der Waals surface area contributed by atoms with Crippen LogP contribution in [0.2, 0.25) is 12.6 Å². The van der Waals surface area contributed by atoms with Gasteiger partial charge in [0, 0.05) is 26.3 Å². The van der Waals surface area contributed by atoms with Gasteiger partial charge >= 0.3 is 8.56 Å². The minimum atomic E-state index is -1.92. The summed E-state index contributed by atoms with van der Waals surface area (Å²) in [5.74, 6) is 0. The van der Waals surface area contributed by atoms with Crippen LogP contribution >= 0.6 is 0 Å². The van der Waals surface area contributed by atoms with Crippen LogP contribution in [0.3, 0.4) is 0 Å². The second kappa shape index (κ2) is 8.19. The molecule has 0 heterocycles. The van der Waals surface area contributed by atoms with E-state index in [0.717, 1.165) is 19.1 Å². The van der Waals surface area contributed by atoms with Gasteiger partial charge in [-0.15, -0.1) is 0 Å². The lowest BCUT2D eigenvalue weighted by Crippen LogP contribution is -2.43. The van der Waals surface area contributed by atoms with Crippen molar-refractivity contribution in [3.05, 3.63) is 0 Å². The second-order valence-electron chi connectivity index (χ2n) is 4.76. The molecular formula is C11H28N2O2Si. The highest BCUT2D eigenvalue weighted by Crippen LogP contribution is 2.13. The summed E-state index contributed by atoms with van der Waals surface area (Å²) >= 11 is 0. The molecule has 0 amide bonds. The van der Waals surface area contributed by atoms with Gasteiger partial charge in [-0.05, 0) is 47.1 Å². The van der Waals surface area contributed by atoms with Crippen LogP contribution in [-0.4, -0.2) is 60.9 Å². The number of hydrogen-bond donors (Lipinski definition) is 1. The molecule has 1 N–H and O–H groups in total. The molecule has 0 spiro atoms. The summed E-state index contributed by atoms with van der Waals surface area (Å²) in [6.45, 7) is 6.48. The Bertz CT molecular complexity index is 175. The van der Waals surface area contributed by atoms with Gasteiger partial charge < -0.3 is 19.1 Å². The third-order valence-corrected chi connectivity index (χ3v) is 5.90. The van der Waals surface area contributed by atoms with Gasteiger partial charge in [-0.1, -0.05) is 0 Å². The number of nitrogens with one attached hydrogen (secondary N) is 1. The third kappa shape index (κ3) is 7.35. The zero-order chi connectivity index (χ0) is 12.6. The average Bonchev–Trinajstić information content (AvgIpc) is 2.24. The van der Waals surface area contributed by atoms with Crippen LogP contribution < -0.4 is 5.32 Å². The van der Waals surface area contributed by atoms with E-state index < -0.39 is 8.56 Å². The third-order valence-electron chi connectivity index (χ3n) is 2.82. The molecule has 0 aliphatic rings. The number of rotatable bonds is 9. The minimum Gasteiger partial charge on any atom is -0.398 e. The first-order valence-electron chi connectivity index (χ1n) is 5.92. The van der Waals surface area contributed by atoms with Crippen LogP contribution in [0.5, 0.6) is 0 Å². The van der Waals surface area contributed by atoms with Crippen molar-refractivity contribution in [2.24, 2.45) is 0 Å². The Hall–Kier alpha value is 0.0569.